The van der Waals surface area contributed by atoms with Crippen LogP contribution in [0.2, 0.25) is 5.02 Å². The summed E-state index contributed by atoms with van der Waals surface area (Å²) in [5.41, 5.74) is 4.75. The number of halogens is 1. The van der Waals surface area contributed by atoms with Crippen molar-refractivity contribution in [1.29, 1.82) is 0 Å². The van der Waals surface area contributed by atoms with E-state index in [-0.39, 0.29) is 11.4 Å². The van der Waals surface area contributed by atoms with Crippen molar-refractivity contribution >= 4 is 33.7 Å². The second kappa shape index (κ2) is 11.8. The highest BCUT2D eigenvalue weighted by atomic mass is 35.5. The number of amides is 1. The van der Waals surface area contributed by atoms with E-state index in [0.29, 0.717) is 22.1 Å². The van der Waals surface area contributed by atoms with Crippen LogP contribution < -0.4 is 14.9 Å². The molecule has 3 aromatic carbocycles. The van der Waals surface area contributed by atoms with Crippen molar-refractivity contribution in [2.75, 3.05) is 20.8 Å². The number of rotatable bonds is 10. The van der Waals surface area contributed by atoms with Gasteiger partial charge in [-0.3, -0.25) is 4.79 Å². The number of aryl methyl sites for hydroxylation is 1. The minimum absolute atomic E-state index is 0.00603. The van der Waals surface area contributed by atoms with E-state index < -0.39 is 22.5 Å². The topological polar surface area (TPSA) is 97.3 Å². The quantitative estimate of drug-likeness (QED) is 0.325. The first-order valence-electron chi connectivity index (χ1n) is 10.6. The molecule has 0 aliphatic carbocycles. The van der Waals surface area contributed by atoms with Gasteiger partial charge in [-0.1, -0.05) is 41.4 Å². The van der Waals surface area contributed by atoms with Crippen LogP contribution in [0.15, 0.2) is 76.7 Å². The second-order valence-corrected chi connectivity index (χ2v) is 9.99. The predicted octanol–water partition coefficient (Wildman–Crippen LogP) is 4.01. The van der Waals surface area contributed by atoms with E-state index >= 15 is 0 Å². The molecule has 0 radical (unpaired) electrons. The minimum Gasteiger partial charge on any atom is -0.497 e. The zero-order valence-electron chi connectivity index (χ0n) is 19.6. The van der Waals surface area contributed by atoms with Crippen molar-refractivity contribution in [3.8, 4) is 11.5 Å². The molecule has 0 fully saturated rings. The van der Waals surface area contributed by atoms with E-state index in [9.17, 15) is 13.2 Å². The molecule has 0 aromatic heterocycles. The Kier molecular flexibility index (Phi) is 8.86. The number of methoxy groups -OCH3 is 2. The van der Waals surface area contributed by atoms with Gasteiger partial charge >= 0.3 is 0 Å². The Morgan fingerprint density at radius 2 is 1.71 bits per heavy atom. The fourth-order valence-corrected chi connectivity index (χ4v) is 4.70. The molecule has 0 unspecified atom stereocenters. The van der Waals surface area contributed by atoms with Gasteiger partial charge in [0.15, 0.2) is 0 Å². The molecule has 1 N–H and O–H groups in total. The van der Waals surface area contributed by atoms with Gasteiger partial charge in [0.1, 0.15) is 11.5 Å². The summed E-state index contributed by atoms with van der Waals surface area (Å²) < 4.78 is 38.2. The first kappa shape index (κ1) is 26.2. The molecule has 0 heterocycles. The Bertz CT molecular complexity index is 1290. The Morgan fingerprint density at radius 1 is 1.03 bits per heavy atom. The Hall–Kier alpha value is -3.40. The van der Waals surface area contributed by atoms with Crippen LogP contribution in [0.5, 0.6) is 11.5 Å². The van der Waals surface area contributed by atoms with Crippen LogP contribution in [0.1, 0.15) is 16.7 Å². The summed E-state index contributed by atoms with van der Waals surface area (Å²) in [6, 6.07) is 18.4. The van der Waals surface area contributed by atoms with E-state index in [2.05, 4.69) is 10.5 Å². The lowest BCUT2D eigenvalue weighted by Crippen LogP contribution is -2.39. The van der Waals surface area contributed by atoms with Crippen molar-refractivity contribution in [2.45, 2.75) is 18.4 Å². The summed E-state index contributed by atoms with van der Waals surface area (Å²) in [6.07, 6.45) is 1.40. The molecular formula is C25H26ClN3O5S. The number of sulfonamides is 1. The SMILES string of the molecule is COc1ccc(OC)c(/C=N\NC(=O)CN(Cc2ccc(C)cc2)S(=O)(=O)c2ccc(Cl)cc2)c1. The molecule has 0 saturated carbocycles. The number of hydrazone groups is 1. The lowest BCUT2D eigenvalue weighted by molar-refractivity contribution is -0.121. The summed E-state index contributed by atoms with van der Waals surface area (Å²) in [7, 11) is -0.940. The van der Waals surface area contributed by atoms with Crippen LogP contribution in [0.3, 0.4) is 0 Å². The largest absolute Gasteiger partial charge is 0.497 e. The maximum absolute atomic E-state index is 13.3. The van der Waals surface area contributed by atoms with E-state index in [1.807, 2.05) is 31.2 Å². The minimum atomic E-state index is -3.99. The smallest absolute Gasteiger partial charge is 0.255 e. The first-order valence-corrected chi connectivity index (χ1v) is 12.4. The molecule has 184 valence electrons. The highest BCUT2D eigenvalue weighted by Crippen LogP contribution is 2.23. The molecule has 0 spiro atoms. The number of nitrogens with zero attached hydrogens (tertiary/aromatic N) is 2. The van der Waals surface area contributed by atoms with Crippen LogP contribution in [0.25, 0.3) is 0 Å². The van der Waals surface area contributed by atoms with Gasteiger partial charge < -0.3 is 9.47 Å². The van der Waals surface area contributed by atoms with Gasteiger partial charge in [-0.2, -0.15) is 9.41 Å². The maximum atomic E-state index is 13.3. The van der Waals surface area contributed by atoms with Crippen LogP contribution in [0.4, 0.5) is 0 Å². The number of hydrogen-bond donors (Lipinski definition) is 1. The Morgan fingerprint density at radius 3 is 2.34 bits per heavy atom. The lowest BCUT2D eigenvalue weighted by atomic mass is 10.1. The number of carbonyl (C=O) groups excluding carboxylic acids is 1. The molecule has 0 bridgehead atoms. The third kappa shape index (κ3) is 7.05. The number of carbonyl (C=O) groups is 1. The summed E-state index contributed by atoms with van der Waals surface area (Å²) >= 11 is 5.91. The molecule has 0 aliphatic rings. The molecule has 0 aliphatic heterocycles. The van der Waals surface area contributed by atoms with Crippen molar-refractivity contribution in [3.05, 3.63) is 88.4 Å². The molecule has 3 aromatic rings. The molecule has 8 nitrogen and oxygen atoms in total. The van der Waals surface area contributed by atoms with Crippen LogP contribution in [-0.4, -0.2) is 45.6 Å². The normalized spacial score (nSPS) is 11.6. The number of benzene rings is 3. The highest BCUT2D eigenvalue weighted by Gasteiger charge is 2.27. The standard InChI is InChI=1S/C25H26ClN3O5S/c1-18-4-6-19(7-5-18)16-29(35(31,32)23-11-8-21(26)9-12-23)17-25(30)28-27-15-20-14-22(33-2)10-13-24(20)34-3/h4-15H,16-17H2,1-3H3,(H,28,30)/b27-15-. The zero-order valence-corrected chi connectivity index (χ0v) is 21.1. The van der Waals surface area contributed by atoms with Gasteiger partial charge in [0.25, 0.3) is 5.91 Å². The molecule has 0 saturated heterocycles. The first-order chi connectivity index (χ1) is 16.7. The molecule has 35 heavy (non-hydrogen) atoms. The molecule has 0 atom stereocenters. The lowest BCUT2D eigenvalue weighted by Gasteiger charge is -2.21. The predicted molar refractivity (Wildman–Crippen MR) is 136 cm³/mol. The van der Waals surface area contributed by atoms with Crippen molar-refractivity contribution in [3.63, 3.8) is 0 Å². The average Bonchev–Trinajstić information content (AvgIpc) is 2.85. The van der Waals surface area contributed by atoms with Gasteiger partial charge in [-0.15, -0.1) is 0 Å². The van der Waals surface area contributed by atoms with Gasteiger partial charge in [-0.05, 0) is 55.0 Å². The fraction of sp³-hybridized carbons (Fsp3) is 0.200. The fourth-order valence-electron chi connectivity index (χ4n) is 3.19. The van der Waals surface area contributed by atoms with Gasteiger partial charge in [0.2, 0.25) is 10.0 Å². The van der Waals surface area contributed by atoms with E-state index in [1.54, 1.807) is 18.2 Å². The second-order valence-electron chi connectivity index (χ2n) is 7.61. The third-order valence-electron chi connectivity index (χ3n) is 5.08. The number of ether oxygens (including phenoxy) is 2. The summed E-state index contributed by atoms with van der Waals surface area (Å²) in [4.78, 5) is 12.7. The maximum Gasteiger partial charge on any atom is 0.255 e. The van der Waals surface area contributed by atoms with Crippen LogP contribution in [0, 0.1) is 6.92 Å². The number of nitrogens with one attached hydrogen (secondary N) is 1. The van der Waals surface area contributed by atoms with E-state index in [1.165, 1.54) is 44.7 Å². The summed E-state index contributed by atoms with van der Waals surface area (Å²) in [5, 5.41) is 4.38. The highest BCUT2D eigenvalue weighted by molar-refractivity contribution is 7.89. The van der Waals surface area contributed by atoms with Crippen molar-refractivity contribution in [2.24, 2.45) is 5.10 Å². The van der Waals surface area contributed by atoms with Crippen LogP contribution >= 0.6 is 11.6 Å². The molecular weight excluding hydrogens is 490 g/mol. The summed E-state index contributed by atoms with van der Waals surface area (Å²) in [5.74, 6) is 0.528. The molecule has 3 rings (SSSR count). The summed E-state index contributed by atoms with van der Waals surface area (Å²) in [6.45, 7) is 1.51. The average molecular weight is 516 g/mol. The van der Waals surface area contributed by atoms with Crippen LogP contribution in [-0.2, 0) is 21.4 Å². The Labute approximate surface area is 210 Å². The van der Waals surface area contributed by atoms with Gasteiger partial charge in [-0.25, -0.2) is 13.8 Å². The molecule has 10 heteroatoms. The van der Waals surface area contributed by atoms with Gasteiger partial charge in [0.05, 0.1) is 31.9 Å². The monoisotopic (exact) mass is 515 g/mol. The third-order valence-corrected chi connectivity index (χ3v) is 7.14. The van der Waals surface area contributed by atoms with Gasteiger partial charge in [0, 0.05) is 17.1 Å². The Balaban J connectivity index is 1.80. The van der Waals surface area contributed by atoms with E-state index in [0.717, 1.165) is 15.4 Å². The van der Waals surface area contributed by atoms with Crippen molar-refractivity contribution in [1.82, 2.24) is 9.73 Å². The number of hydrogen-bond acceptors (Lipinski definition) is 6. The van der Waals surface area contributed by atoms with Crippen molar-refractivity contribution < 1.29 is 22.7 Å². The zero-order chi connectivity index (χ0) is 25.4. The molecule has 1 amide bonds. The van der Waals surface area contributed by atoms with E-state index in [4.69, 9.17) is 21.1 Å².